The summed E-state index contributed by atoms with van der Waals surface area (Å²) >= 11 is 0. The van der Waals surface area contributed by atoms with E-state index in [1.54, 1.807) is 0 Å². The van der Waals surface area contributed by atoms with Gasteiger partial charge in [-0.1, -0.05) is 305 Å². The molecule has 0 aliphatic rings. The lowest BCUT2D eigenvalue weighted by Crippen LogP contribution is -2.44. The van der Waals surface area contributed by atoms with Gasteiger partial charge in [0.2, 0.25) is 0 Å². The lowest BCUT2D eigenvalue weighted by molar-refractivity contribution is -0.870. The van der Waals surface area contributed by atoms with E-state index in [4.69, 9.17) is 18.9 Å². The monoisotopic (exact) mass is 1290 g/mol. The highest BCUT2D eigenvalue weighted by atomic mass is 16.7. The molecule has 9 heteroatoms. The Morgan fingerprint density at radius 2 is 0.581 bits per heavy atom. The highest BCUT2D eigenvalue weighted by Crippen LogP contribution is 2.16. The number of aliphatic carboxylic acids is 1. The van der Waals surface area contributed by atoms with Crippen molar-refractivity contribution in [1.29, 1.82) is 0 Å². The average molecular weight is 1290 g/mol. The molecule has 2 atom stereocenters. The summed E-state index contributed by atoms with van der Waals surface area (Å²) in [6.45, 7) is 4.48. The normalized spacial score (nSPS) is 13.8. The number of likely N-dealkylation sites (N-methyl/N-ethyl adjacent to an activating group) is 1. The molecule has 0 N–H and O–H groups in total. The summed E-state index contributed by atoms with van der Waals surface area (Å²) in [7, 11) is 5.91. The molecule has 0 bridgehead atoms. The summed E-state index contributed by atoms with van der Waals surface area (Å²) in [4.78, 5) is 37.5. The van der Waals surface area contributed by atoms with Crippen LogP contribution in [0.15, 0.2) is 182 Å². The first-order valence-electron chi connectivity index (χ1n) is 36.9. The number of carboxylic acids is 1. The summed E-state index contributed by atoms with van der Waals surface area (Å²) in [6.07, 6.45) is 107. The van der Waals surface area contributed by atoms with E-state index >= 15 is 0 Å². The van der Waals surface area contributed by atoms with Gasteiger partial charge in [0.25, 0.3) is 0 Å². The van der Waals surface area contributed by atoms with E-state index in [0.29, 0.717) is 17.4 Å². The van der Waals surface area contributed by atoms with Crippen LogP contribution in [0, 0.1) is 0 Å². The standard InChI is InChI=1S/C84H135NO8/c1-6-8-10-12-14-16-18-20-22-24-26-28-30-32-34-36-38-39-40-41-42-43-45-47-49-51-53-55-57-59-61-63-65-67-69-71-73-75-82(87)93-80(79-92-84(83(88)89)90-77-76-85(3,4)5)78-91-81(86)74-72-70-68-66-64-62-60-58-56-54-52-50-48-46-44-37-35-33-31-29-27-25-23-21-19-17-15-13-11-9-7-2/h8-11,14-17,20-23,26-29,32,34,38-39,41-42,45,47,51,53,57,59,63,65,80,84H,6-7,12-13,18-19,24-25,30-31,33,35-37,40,43-44,46,48-50,52,54-56,58,60-62,64,66-79H2,1-5H3/b10-8-,11-9-,16-14-,17-15-,22-20-,23-21-,28-26-,29-27-,34-32-,39-38-,42-41-,47-45-,53-51-,59-57-,65-63-. The molecule has 0 amide bonds. The summed E-state index contributed by atoms with van der Waals surface area (Å²) in [5.74, 6) is -2.34. The van der Waals surface area contributed by atoms with Crippen molar-refractivity contribution in [3.05, 3.63) is 182 Å². The third kappa shape index (κ3) is 73.7. The predicted octanol–water partition coefficient (Wildman–Crippen LogP) is 22.2. The van der Waals surface area contributed by atoms with E-state index in [1.165, 1.54) is 103 Å². The number of hydrogen-bond donors (Lipinski definition) is 0. The zero-order valence-corrected chi connectivity index (χ0v) is 59.8. The number of rotatable bonds is 66. The Bertz CT molecular complexity index is 2190. The van der Waals surface area contributed by atoms with Crippen LogP contribution < -0.4 is 5.11 Å². The van der Waals surface area contributed by atoms with Gasteiger partial charge in [-0.25, -0.2) is 0 Å². The van der Waals surface area contributed by atoms with E-state index in [2.05, 4.69) is 196 Å². The fourth-order valence-electron chi connectivity index (χ4n) is 9.59. The summed E-state index contributed by atoms with van der Waals surface area (Å²) in [5, 5.41) is 11.8. The van der Waals surface area contributed by atoms with E-state index < -0.39 is 24.3 Å². The molecule has 0 aromatic heterocycles. The summed E-state index contributed by atoms with van der Waals surface area (Å²) < 4.78 is 22.8. The largest absolute Gasteiger partial charge is 0.545 e. The quantitative estimate of drug-likeness (QED) is 0.0195. The van der Waals surface area contributed by atoms with Crippen molar-refractivity contribution in [3.8, 4) is 0 Å². The van der Waals surface area contributed by atoms with Crippen molar-refractivity contribution in [2.24, 2.45) is 0 Å². The van der Waals surface area contributed by atoms with Gasteiger partial charge in [0.15, 0.2) is 12.4 Å². The maximum Gasteiger partial charge on any atom is 0.306 e. The number of hydrogen-bond acceptors (Lipinski definition) is 8. The third-order valence-corrected chi connectivity index (χ3v) is 15.1. The van der Waals surface area contributed by atoms with E-state index in [1.807, 2.05) is 21.1 Å². The molecule has 0 saturated heterocycles. The molecule has 0 saturated carbocycles. The molecule has 0 fully saturated rings. The van der Waals surface area contributed by atoms with Gasteiger partial charge in [0, 0.05) is 12.8 Å². The molecular weight excluding hydrogens is 1150 g/mol. The fourth-order valence-corrected chi connectivity index (χ4v) is 9.59. The van der Waals surface area contributed by atoms with Crippen LogP contribution in [0.1, 0.15) is 271 Å². The van der Waals surface area contributed by atoms with Crippen molar-refractivity contribution < 1.29 is 42.9 Å². The molecule has 0 aliphatic heterocycles. The number of unbranched alkanes of at least 4 members (excludes halogenated alkanes) is 21. The lowest BCUT2D eigenvalue weighted by atomic mass is 10.0. The van der Waals surface area contributed by atoms with Crippen LogP contribution in [-0.2, 0) is 33.3 Å². The van der Waals surface area contributed by atoms with Crippen molar-refractivity contribution in [2.45, 2.75) is 283 Å². The molecule has 0 heterocycles. The summed E-state index contributed by atoms with van der Waals surface area (Å²) in [5.41, 5.74) is 0. The van der Waals surface area contributed by atoms with E-state index in [9.17, 15) is 19.5 Å². The number of quaternary nitrogens is 1. The second kappa shape index (κ2) is 72.2. The second-order valence-electron chi connectivity index (χ2n) is 25.1. The Labute approximate surface area is 570 Å². The Kier molecular flexibility index (Phi) is 67.9. The number of allylic oxidation sites excluding steroid dienone is 30. The Balaban J connectivity index is 4.21. The van der Waals surface area contributed by atoms with Gasteiger partial charge in [-0.2, -0.15) is 0 Å². The fraction of sp³-hybridized carbons (Fsp3) is 0.607. The molecule has 2 unspecified atom stereocenters. The number of ether oxygens (including phenoxy) is 4. The van der Waals surface area contributed by atoms with Gasteiger partial charge >= 0.3 is 11.9 Å². The average Bonchev–Trinajstić information content (AvgIpc) is 3.73. The maximum atomic E-state index is 12.9. The number of carboxylic acid groups (broad SMARTS) is 1. The van der Waals surface area contributed by atoms with Crippen LogP contribution in [0.4, 0.5) is 0 Å². The number of carbonyl (C=O) groups is 3. The van der Waals surface area contributed by atoms with E-state index in [-0.39, 0.29) is 38.6 Å². The zero-order valence-electron chi connectivity index (χ0n) is 59.8. The first-order chi connectivity index (χ1) is 45.6. The van der Waals surface area contributed by atoms with Gasteiger partial charge in [-0.05, 0) is 135 Å². The topological polar surface area (TPSA) is 111 Å². The van der Waals surface area contributed by atoms with Crippen LogP contribution in [0.2, 0.25) is 0 Å². The Hall–Kier alpha value is -5.61. The highest BCUT2D eigenvalue weighted by Gasteiger charge is 2.22. The van der Waals surface area contributed by atoms with Crippen LogP contribution in [0.5, 0.6) is 0 Å². The molecule has 0 aromatic carbocycles. The molecule has 0 rings (SSSR count). The molecule has 0 aliphatic carbocycles. The molecule has 0 radical (unpaired) electrons. The molecular formula is C84H135NO8. The van der Waals surface area contributed by atoms with Crippen molar-refractivity contribution in [3.63, 3.8) is 0 Å². The predicted molar refractivity (Wildman–Crippen MR) is 398 cm³/mol. The third-order valence-electron chi connectivity index (χ3n) is 15.1. The van der Waals surface area contributed by atoms with Crippen molar-refractivity contribution in [2.75, 3.05) is 47.5 Å². The minimum Gasteiger partial charge on any atom is -0.545 e. The number of nitrogens with zero attached hydrogens (tertiary/aromatic N) is 1. The molecule has 0 spiro atoms. The second-order valence-corrected chi connectivity index (χ2v) is 25.1. The molecule has 9 nitrogen and oxygen atoms in total. The van der Waals surface area contributed by atoms with Crippen LogP contribution in [-0.4, -0.2) is 82.3 Å². The van der Waals surface area contributed by atoms with Gasteiger partial charge in [0.05, 0.1) is 40.3 Å². The van der Waals surface area contributed by atoms with Gasteiger partial charge in [-0.3, -0.25) is 9.59 Å². The molecule has 524 valence electrons. The van der Waals surface area contributed by atoms with Gasteiger partial charge < -0.3 is 33.3 Å². The van der Waals surface area contributed by atoms with Crippen LogP contribution in [0.25, 0.3) is 0 Å². The summed E-state index contributed by atoms with van der Waals surface area (Å²) in [6, 6.07) is 0. The Morgan fingerprint density at radius 1 is 0.323 bits per heavy atom. The number of carbonyl (C=O) groups excluding carboxylic acids is 3. The van der Waals surface area contributed by atoms with Gasteiger partial charge in [0.1, 0.15) is 13.2 Å². The highest BCUT2D eigenvalue weighted by molar-refractivity contribution is 5.70. The van der Waals surface area contributed by atoms with E-state index in [0.717, 1.165) is 135 Å². The lowest BCUT2D eigenvalue weighted by Gasteiger charge is -2.26. The van der Waals surface area contributed by atoms with Crippen LogP contribution >= 0.6 is 0 Å². The SMILES string of the molecule is CC/C=C\C/C=C\C/C=C\C/C=C\C/C=C\C/C=C\C/C=C\C/C=C\C/C=C\C/C=C\C/C=C\CCCCCC(=O)OC(COC(=O)CCCCCCCCCCCCCCCCCCCC/C=C\C/C=C\C/C=C\C/C=C\CC)COC(OCC[N+](C)(C)C)C(=O)[O-]. The van der Waals surface area contributed by atoms with Crippen molar-refractivity contribution >= 4 is 17.9 Å². The maximum absolute atomic E-state index is 12.9. The number of esters is 2. The molecule has 0 aromatic rings. The first-order valence-corrected chi connectivity index (χ1v) is 36.9. The zero-order chi connectivity index (χ0) is 67.5. The first kappa shape index (κ1) is 87.4. The molecule has 93 heavy (non-hydrogen) atoms. The Morgan fingerprint density at radius 3 is 0.871 bits per heavy atom. The van der Waals surface area contributed by atoms with Crippen LogP contribution in [0.3, 0.4) is 0 Å². The van der Waals surface area contributed by atoms with Gasteiger partial charge in [-0.15, -0.1) is 0 Å². The minimum atomic E-state index is -1.64. The van der Waals surface area contributed by atoms with Crippen molar-refractivity contribution in [1.82, 2.24) is 0 Å². The minimum absolute atomic E-state index is 0.132. The smallest absolute Gasteiger partial charge is 0.306 e.